The fraction of sp³-hybridized carbons (Fsp3) is 0.667. The van der Waals surface area contributed by atoms with Crippen LogP contribution in [0, 0.1) is 5.92 Å². The average molecular weight is 447 g/mol. The van der Waals surface area contributed by atoms with E-state index in [1.807, 2.05) is 0 Å². The van der Waals surface area contributed by atoms with Crippen LogP contribution in [-0.4, -0.2) is 41.7 Å². The first-order valence-electron chi connectivity index (χ1n) is 8.97. The van der Waals surface area contributed by atoms with Crippen LogP contribution in [0.4, 0.5) is 13.2 Å². The zero-order valence-corrected chi connectivity index (χ0v) is 17.5. The number of alkyl halides is 3. The van der Waals surface area contributed by atoms with Crippen molar-refractivity contribution in [3.8, 4) is 5.75 Å². The van der Waals surface area contributed by atoms with Crippen molar-refractivity contribution in [2.75, 3.05) is 26.2 Å². The third-order valence-corrected chi connectivity index (χ3v) is 5.91. The predicted octanol–water partition coefficient (Wildman–Crippen LogP) is 5.37. The Morgan fingerprint density at radius 1 is 1.07 bits per heavy atom. The monoisotopic (exact) mass is 446 g/mol. The molecule has 2 N–H and O–H groups in total. The maximum Gasteiger partial charge on any atom is 0.446 e. The molecule has 1 aromatic carbocycles. The van der Waals surface area contributed by atoms with E-state index >= 15 is 0 Å². The number of halogens is 5. The topological polar surface area (TPSA) is 35.5 Å². The van der Waals surface area contributed by atoms with Gasteiger partial charge in [0.05, 0.1) is 0 Å². The van der Waals surface area contributed by atoms with Gasteiger partial charge < -0.3 is 10.4 Å². The van der Waals surface area contributed by atoms with Gasteiger partial charge in [-0.2, -0.15) is 13.2 Å². The van der Waals surface area contributed by atoms with E-state index in [1.54, 1.807) is 6.07 Å². The lowest BCUT2D eigenvalue weighted by atomic mass is 9.80. The van der Waals surface area contributed by atoms with Crippen molar-refractivity contribution in [3.63, 3.8) is 0 Å². The summed E-state index contributed by atoms with van der Waals surface area (Å²) in [5.74, 6) is 0.504. The van der Waals surface area contributed by atoms with Gasteiger partial charge in [0.15, 0.2) is 0 Å². The van der Waals surface area contributed by atoms with Crippen LogP contribution in [0.2, 0.25) is 0 Å². The van der Waals surface area contributed by atoms with Crippen LogP contribution in [0.5, 0.6) is 5.75 Å². The summed E-state index contributed by atoms with van der Waals surface area (Å²) >= 11 is -0.108. The molecule has 0 bridgehead atoms. The number of aromatic hydroxyl groups is 1. The second-order valence-corrected chi connectivity index (χ2v) is 8.04. The molecule has 1 aliphatic carbocycles. The highest BCUT2D eigenvalue weighted by molar-refractivity contribution is 8.00. The van der Waals surface area contributed by atoms with Crippen LogP contribution < -0.4 is 5.32 Å². The molecule has 3 nitrogen and oxygen atoms in total. The van der Waals surface area contributed by atoms with Crippen LogP contribution in [0.25, 0.3) is 0 Å². The number of hydrogen-bond donors (Lipinski definition) is 2. The molecule has 0 aromatic heterocycles. The maximum absolute atomic E-state index is 12.8. The summed E-state index contributed by atoms with van der Waals surface area (Å²) in [6.07, 6.45) is 5.69. The number of rotatable bonds is 4. The lowest BCUT2D eigenvalue weighted by Gasteiger charge is -2.41. The van der Waals surface area contributed by atoms with E-state index in [4.69, 9.17) is 0 Å². The van der Waals surface area contributed by atoms with Crippen molar-refractivity contribution >= 4 is 36.6 Å². The Labute approximate surface area is 175 Å². The standard InChI is InChI=1S/C18H25F3N2OS.2ClH/c19-18(20,21)25-14-6-7-16(24)15(12-14)17(13-4-2-1-3-5-13)23-10-8-22-9-11-23;;/h6-7,12-13,17,22,24H,1-5,8-11H2;2*1H/t17-;;/m0../s1. The van der Waals surface area contributed by atoms with E-state index in [-0.39, 0.29) is 53.3 Å². The van der Waals surface area contributed by atoms with E-state index in [0.717, 1.165) is 51.9 Å². The molecule has 9 heteroatoms. The van der Waals surface area contributed by atoms with Crippen molar-refractivity contribution in [2.24, 2.45) is 5.92 Å². The number of piperazine rings is 1. The summed E-state index contributed by atoms with van der Waals surface area (Å²) < 4.78 is 38.3. The highest BCUT2D eigenvalue weighted by Crippen LogP contribution is 2.44. The summed E-state index contributed by atoms with van der Waals surface area (Å²) in [7, 11) is 0. The van der Waals surface area contributed by atoms with E-state index < -0.39 is 5.51 Å². The summed E-state index contributed by atoms with van der Waals surface area (Å²) in [6.45, 7) is 3.47. The Morgan fingerprint density at radius 2 is 1.70 bits per heavy atom. The van der Waals surface area contributed by atoms with E-state index in [2.05, 4.69) is 10.2 Å². The van der Waals surface area contributed by atoms with E-state index in [9.17, 15) is 18.3 Å². The molecule has 0 spiro atoms. The third-order valence-electron chi connectivity index (χ3n) is 5.19. The van der Waals surface area contributed by atoms with E-state index in [0.29, 0.717) is 11.5 Å². The van der Waals surface area contributed by atoms with Gasteiger partial charge in [-0.15, -0.1) is 24.8 Å². The van der Waals surface area contributed by atoms with Crippen LogP contribution in [0.1, 0.15) is 43.7 Å². The summed E-state index contributed by atoms with van der Waals surface area (Å²) in [4.78, 5) is 2.49. The number of thioether (sulfide) groups is 1. The molecule has 0 unspecified atom stereocenters. The van der Waals surface area contributed by atoms with Crippen LogP contribution in [0.3, 0.4) is 0 Å². The molecule has 1 aliphatic heterocycles. The molecule has 27 heavy (non-hydrogen) atoms. The van der Waals surface area contributed by atoms with Gasteiger partial charge in [0.2, 0.25) is 0 Å². The number of benzene rings is 1. The van der Waals surface area contributed by atoms with Crippen molar-refractivity contribution in [3.05, 3.63) is 23.8 Å². The number of hydrogen-bond acceptors (Lipinski definition) is 4. The Hall–Kier alpha value is -0.340. The predicted molar refractivity (Wildman–Crippen MR) is 108 cm³/mol. The van der Waals surface area contributed by atoms with Gasteiger partial charge in [-0.3, -0.25) is 4.90 Å². The number of nitrogens with one attached hydrogen (secondary N) is 1. The first-order valence-corrected chi connectivity index (χ1v) is 9.79. The second kappa shape index (κ2) is 11.0. The molecule has 0 radical (unpaired) electrons. The van der Waals surface area contributed by atoms with Gasteiger partial charge in [-0.25, -0.2) is 0 Å². The Balaban J connectivity index is 0.00000182. The third kappa shape index (κ3) is 6.89. The fourth-order valence-corrected chi connectivity index (χ4v) is 4.71. The molecule has 1 saturated carbocycles. The first-order chi connectivity index (χ1) is 11.9. The SMILES string of the molecule is Cl.Cl.Oc1ccc(SC(F)(F)F)cc1[C@H](C1CCCCC1)N1CCNCC1. The van der Waals surface area contributed by atoms with Gasteiger partial charge in [0.1, 0.15) is 5.75 Å². The quantitative estimate of drug-likeness (QED) is 0.608. The lowest BCUT2D eigenvalue weighted by Crippen LogP contribution is -2.47. The van der Waals surface area contributed by atoms with Gasteiger partial charge in [0.25, 0.3) is 0 Å². The summed E-state index contributed by atoms with van der Waals surface area (Å²) in [5, 5.41) is 13.8. The minimum atomic E-state index is -4.32. The molecule has 1 saturated heterocycles. The smallest absolute Gasteiger partial charge is 0.446 e. The van der Waals surface area contributed by atoms with Crippen molar-refractivity contribution in [2.45, 2.75) is 48.5 Å². The minimum absolute atomic E-state index is 0. The normalized spacial score (nSPS) is 20.4. The molecule has 2 fully saturated rings. The molecule has 1 atom stereocenters. The second-order valence-electron chi connectivity index (χ2n) is 6.90. The summed E-state index contributed by atoms with van der Waals surface area (Å²) in [6, 6.07) is 4.32. The van der Waals surface area contributed by atoms with Crippen molar-refractivity contribution < 1.29 is 18.3 Å². The average Bonchev–Trinajstić information content (AvgIpc) is 2.59. The first kappa shape index (κ1) is 24.7. The highest BCUT2D eigenvalue weighted by atomic mass is 35.5. The van der Waals surface area contributed by atoms with Crippen molar-refractivity contribution in [1.29, 1.82) is 0 Å². The number of nitrogens with zero attached hydrogens (tertiary/aromatic N) is 1. The highest BCUT2D eigenvalue weighted by Gasteiger charge is 2.34. The lowest BCUT2D eigenvalue weighted by molar-refractivity contribution is -0.0328. The zero-order chi connectivity index (χ0) is 17.9. The van der Waals surface area contributed by atoms with Crippen molar-refractivity contribution in [1.82, 2.24) is 10.2 Å². The molecule has 1 aromatic rings. The molecule has 1 heterocycles. The molecule has 0 amide bonds. The van der Waals surface area contributed by atoms with Gasteiger partial charge in [-0.1, -0.05) is 19.3 Å². The van der Waals surface area contributed by atoms with Crippen LogP contribution >= 0.6 is 36.6 Å². The Bertz CT molecular complexity index is 562. The Kier molecular flexibility index (Phi) is 10.1. The van der Waals surface area contributed by atoms with Gasteiger partial charge in [-0.05, 0) is 48.7 Å². The molecule has 2 aliphatic rings. The fourth-order valence-electron chi connectivity index (χ4n) is 4.13. The van der Waals surface area contributed by atoms with Crippen LogP contribution in [-0.2, 0) is 0 Å². The molecular formula is C18H27Cl2F3N2OS. The largest absolute Gasteiger partial charge is 0.508 e. The summed E-state index contributed by atoms with van der Waals surface area (Å²) in [5.41, 5.74) is -3.66. The van der Waals surface area contributed by atoms with Gasteiger partial charge >= 0.3 is 5.51 Å². The van der Waals surface area contributed by atoms with Gasteiger partial charge in [0, 0.05) is 42.7 Å². The number of phenols is 1. The Morgan fingerprint density at radius 3 is 2.30 bits per heavy atom. The van der Waals surface area contributed by atoms with Crippen LogP contribution in [0.15, 0.2) is 23.1 Å². The van der Waals surface area contributed by atoms with E-state index in [1.165, 1.54) is 18.6 Å². The number of phenolic OH excluding ortho intramolecular Hbond substituents is 1. The molecule has 156 valence electrons. The molecule has 3 rings (SSSR count). The maximum atomic E-state index is 12.8. The zero-order valence-electron chi connectivity index (χ0n) is 15.0. The minimum Gasteiger partial charge on any atom is -0.508 e. The molecular weight excluding hydrogens is 420 g/mol.